The third-order valence-electron chi connectivity index (χ3n) is 6.47. The van der Waals surface area contributed by atoms with Crippen LogP contribution in [0.15, 0.2) is 72.9 Å². The first kappa shape index (κ1) is 63.5. The number of aliphatic hydroxyl groups is 6. The Hall–Kier alpha value is -4.63. The molecule has 0 aromatic heterocycles. The Kier molecular flexibility index (Phi) is 51.4. The van der Waals surface area contributed by atoms with Gasteiger partial charge in [0.15, 0.2) is 0 Å². The number of ketones is 2. The summed E-state index contributed by atoms with van der Waals surface area (Å²) in [5, 5.41) is 66.2. The minimum absolute atomic E-state index is 0. The second-order valence-corrected chi connectivity index (χ2v) is 12.0. The van der Waals surface area contributed by atoms with E-state index in [1.54, 1.807) is 60.8 Å². The van der Waals surface area contributed by atoms with Crippen LogP contribution in [-0.2, 0) is 14.4 Å². The fourth-order valence-corrected chi connectivity index (χ4v) is 3.63. The molecule has 0 unspecified atom stereocenters. The van der Waals surface area contributed by atoms with Gasteiger partial charge in [0.05, 0.1) is 18.3 Å². The zero-order chi connectivity index (χ0) is 43.5. The summed E-state index contributed by atoms with van der Waals surface area (Å²) in [5.41, 5.74) is 0. The van der Waals surface area contributed by atoms with Gasteiger partial charge in [0, 0.05) is 38.1 Å². The topological polar surface area (TPSA) is 196 Å². The SMILES string of the molecule is C.C#CC[C@@H](O)/C=C/C=C/C#C[C@H](O)CCCC(=O)[O-].C#CC[C@@H](O)/C=C/C=C/C#C[C@H](O)CCCC(C)=O.C#CC[C@H](O)/C=C/C=C/C#C[C@@H](O)CCCC(C)=O.[Na+]. The standard InChI is InChI=1S/2C16H20O3.C15H18O4.CH4.Na/c2*1-3-9-15(18)11-6-4-5-7-12-16(19)13-8-10-14(2)17;1-2-8-13(16)9-5-3-4-6-10-14(17)11-7-12-15(18)19;;/h2*1,4-6,11,15-16,18-19H,8-10,13H2,2H3;1,3-5,9,13-14,16-17H,7-8,11-12H2,(H,18,19);1H4;/q;;;;+1/p-1/b2*5-4+,11-6+;4-3+,9-5+;;/t2*15-,16+;13-,14+;;/m101../s1. The average molecular weight is 821 g/mol. The molecule has 0 amide bonds. The number of carboxylic acids is 1. The molecule has 0 aromatic rings. The number of carbonyl (C=O) groups excluding carboxylic acids is 3. The Bertz CT molecular complexity index is 1450. The van der Waals surface area contributed by atoms with Crippen molar-refractivity contribution in [1.29, 1.82) is 0 Å². The smallest absolute Gasteiger partial charge is 0.550 e. The van der Waals surface area contributed by atoms with Crippen LogP contribution in [-0.4, -0.2) is 84.8 Å². The third-order valence-corrected chi connectivity index (χ3v) is 6.47. The first-order valence-corrected chi connectivity index (χ1v) is 18.3. The molecule has 0 radical (unpaired) electrons. The van der Waals surface area contributed by atoms with Crippen LogP contribution in [0.5, 0.6) is 0 Å². The van der Waals surface area contributed by atoms with Crippen LogP contribution in [0.3, 0.4) is 0 Å². The van der Waals surface area contributed by atoms with E-state index in [9.17, 15) is 50.1 Å². The summed E-state index contributed by atoms with van der Waals surface area (Å²) >= 11 is 0. The van der Waals surface area contributed by atoms with E-state index in [1.807, 2.05) is 0 Å². The number of carbonyl (C=O) groups is 3. The number of rotatable bonds is 21. The minimum Gasteiger partial charge on any atom is -0.550 e. The molecule has 0 heterocycles. The summed E-state index contributed by atoms with van der Waals surface area (Å²) in [6.45, 7) is 3.06. The maximum absolute atomic E-state index is 10.7. The molecule has 0 fully saturated rings. The van der Waals surface area contributed by atoms with Gasteiger partial charge >= 0.3 is 29.6 Å². The zero-order valence-electron chi connectivity index (χ0n) is 33.9. The van der Waals surface area contributed by atoms with Crippen LogP contribution < -0.4 is 34.7 Å². The van der Waals surface area contributed by atoms with Crippen LogP contribution in [0, 0.1) is 72.6 Å². The van der Waals surface area contributed by atoms with Crippen molar-refractivity contribution in [3.05, 3.63) is 72.9 Å². The van der Waals surface area contributed by atoms with Crippen molar-refractivity contribution in [3.8, 4) is 72.6 Å². The fraction of sp³-hybridized carbons (Fsp3) is 0.438. The summed E-state index contributed by atoms with van der Waals surface area (Å²) in [6, 6.07) is 0. The van der Waals surface area contributed by atoms with Crippen LogP contribution in [0.25, 0.3) is 0 Å². The number of hydrogen-bond donors (Lipinski definition) is 6. The predicted octanol–water partition coefficient (Wildman–Crippen LogP) is 0.621. The first-order chi connectivity index (χ1) is 27.2. The Morgan fingerprint density at radius 3 is 1.03 bits per heavy atom. The number of carboxylic acid groups (broad SMARTS) is 1. The van der Waals surface area contributed by atoms with E-state index in [0.29, 0.717) is 51.4 Å². The molecule has 0 saturated heterocycles. The van der Waals surface area contributed by atoms with E-state index >= 15 is 0 Å². The number of terminal acetylenes is 3. The summed E-state index contributed by atoms with van der Waals surface area (Å²) < 4.78 is 0. The molecule has 0 aliphatic rings. The van der Waals surface area contributed by atoms with E-state index in [2.05, 4.69) is 53.3 Å². The Balaban J connectivity index is -0.000000243. The van der Waals surface area contributed by atoms with Crippen molar-refractivity contribution < 1.29 is 79.7 Å². The molecule has 0 spiro atoms. The quantitative estimate of drug-likeness (QED) is 0.0543. The Labute approximate surface area is 375 Å². The molecule has 59 heavy (non-hydrogen) atoms. The van der Waals surface area contributed by atoms with Gasteiger partial charge in [0.2, 0.25) is 0 Å². The van der Waals surface area contributed by atoms with Gasteiger partial charge in [-0.15, -0.1) is 37.0 Å². The molecule has 314 valence electrons. The van der Waals surface area contributed by atoms with E-state index in [4.69, 9.17) is 19.3 Å². The summed E-state index contributed by atoms with van der Waals surface area (Å²) in [5.74, 6) is 22.0. The predicted molar refractivity (Wildman–Crippen MR) is 229 cm³/mol. The van der Waals surface area contributed by atoms with Gasteiger partial charge in [-0.3, -0.25) is 0 Å². The molecule has 0 bridgehead atoms. The Morgan fingerprint density at radius 2 is 0.797 bits per heavy atom. The van der Waals surface area contributed by atoms with Crippen molar-refractivity contribution in [2.75, 3.05) is 0 Å². The minimum atomic E-state index is -1.13. The first-order valence-electron chi connectivity index (χ1n) is 18.3. The number of aliphatic hydroxyl groups excluding tert-OH is 6. The molecule has 10 nitrogen and oxygen atoms in total. The van der Waals surface area contributed by atoms with E-state index in [0.717, 1.165) is 0 Å². The maximum atomic E-state index is 10.7. The van der Waals surface area contributed by atoms with Gasteiger partial charge in [-0.1, -0.05) is 97.6 Å². The summed E-state index contributed by atoms with van der Waals surface area (Å²) in [6.07, 6.45) is 34.7. The molecular formula is C48H61NaO10. The van der Waals surface area contributed by atoms with Crippen molar-refractivity contribution in [3.63, 3.8) is 0 Å². The molecular weight excluding hydrogens is 760 g/mol. The van der Waals surface area contributed by atoms with Crippen molar-refractivity contribution >= 4 is 17.5 Å². The van der Waals surface area contributed by atoms with Crippen LogP contribution in [0.1, 0.15) is 98.3 Å². The van der Waals surface area contributed by atoms with Gasteiger partial charge in [0.1, 0.15) is 29.9 Å². The van der Waals surface area contributed by atoms with Crippen molar-refractivity contribution in [1.82, 2.24) is 0 Å². The molecule has 11 heteroatoms. The van der Waals surface area contributed by atoms with Gasteiger partial charge in [0.25, 0.3) is 0 Å². The van der Waals surface area contributed by atoms with Crippen LogP contribution >= 0.6 is 0 Å². The molecule has 6 atom stereocenters. The normalized spacial score (nSPS) is 13.3. The number of Topliss-reactive ketones (excluding diaryl/α,β-unsaturated/α-hetero) is 2. The third kappa shape index (κ3) is 57.8. The van der Waals surface area contributed by atoms with E-state index < -0.39 is 42.6 Å². The van der Waals surface area contributed by atoms with Crippen LogP contribution in [0.4, 0.5) is 0 Å². The fourth-order valence-electron chi connectivity index (χ4n) is 3.63. The van der Waals surface area contributed by atoms with Crippen LogP contribution in [0.2, 0.25) is 0 Å². The molecule has 6 N–H and O–H groups in total. The number of aliphatic carboxylic acids is 1. The second kappa shape index (κ2) is 47.7. The van der Waals surface area contributed by atoms with Gasteiger partial charge in [-0.05, 0) is 77.0 Å². The van der Waals surface area contributed by atoms with Gasteiger partial charge < -0.3 is 50.1 Å². The molecule has 0 saturated carbocycles. The second-order valence-electron chi connectivity index (χ2n) is 12.0. The summed E-state index contributed by atoms with van der Waals surface area (Å²) in [7, 11) is 0. The van der Waals surface area contributed by atoms with Gasteiger partial charge in [-0.25, -0.2) is 0 Å². The monoisotopic (exact) mass is 820 g/mol. The number of hydrogen-bond acceptors (Lipinski definition) is 10. The zero-order valence-corrected chi connectivity index (χ0v) is 35.9. The van der Waals surface area contributed by atoms with E-state index in [-0.39, 0.29) is 74.2 Å². The average Bonchev–Trinajstić information content (AvgIpc) is 3.13. The molecule has 0 aromatic carbocycles. The van der Waals surface area contributed by atoms with E-state index in [1.165, 1.54) is 26.0 Å². The molecule has 0 aliphatic carbocycles. The van der Waals surface area contributed by atoms with Gasteiger partial charge in [-0.2, -0.15) is 0 Å². The Morgan fingerprint density at radius 1 is 0.525 bits per heavy atom. The van der Waals surface area contributed by atoms with Crippen molar-refractivity contribution in [2.45, 2.75) is 135 Å². The molecule has 0 aliphatic heterocycles. The maximum Gasteiger partial charge on any atom is 1.00 e. The molecule has 0 rings (SSSR count). The summed E-state index contributed by atoms with van der Waals surface area (Å²) in [4.78, 5) is 31.5. The largest absolute Gasteiger partial charge is 1.00 e. The number of allylic oxidation sites excluding steroid dienone is 9. The van der Waals surface area contributed by atoms with Crippen molar-refractivity contribution in [2.24, 2.45) is 0 Å².